The molecule has 0 radical (unpaired) electrons. The van der Waals surface area contributed by atoms with Crippen LogP contribution in [0.5, 0.6) is 5.88 Å². The minimum absolute atomic E-state index is 0.0791. The van der Waals surface area contributed by atoms with E-state index in [1.165, 1.54) is 0 Å². The third-order valence-electron chi connectivity index (χ3n) is 2.90. The van der Waals surface area contributed by atoms with Gasteiger partial charge in [-0.3, -0.25) is 4.79 Å². The van der Waals surface area contributed by atoms with E-state index in [1.54, 1.807) is 30.5 Å². The minimum atomic E-state index is 0.0791. The Morgan fingerprint density at radius 1 is 1.50 bits per heavy atom. The average Bonchev–Trinajstić information content (AvgIpc) is 2.41. The Morgan fingerprint density at radius 3 is 2.89 bits per heavy atom. The fourth-order valence-corrected chi connectivity index (χ4v) is 1.96. The van der Waals surface area contributed by atoms with Crippen molar-refractivity contribution in [3.8, 4) is 5.88 Å². The van der Waals surface area contributed by atoms with Gasteiger partial charge in [-0.05, 0) is 19.1 Å². The van der Waals surface area contributed by atoms with Gasteiger partial charge in [0, 0.05) is 38.2 Å². The first-order chi connectivity index (χ1) is 8.79. The molecule has 0 N–H and O–H groups in total. The molecule has 18 heavy (non-hydrogen) atoms. The maximum atomic E-state index is 11.6. The Kier molecular flexibility index (Phi) is 4.28. The predicted molar refractivity (Wildman–Crippen MR) is 67.1 cm³/mol. The summed E-state index contributed by atoms with van der Waals surface area (Å²) in [6.07, 6.45) is 6.77. The van der Waals surface area contributed by atoms with Gasteiger partial charge in [-0.15, -0.1) is 5.10 Å². The number of piperidine rings is 1. The summed E-state index contributed by atoms with van der Waals surface area (Å²) in [4.78, 5) is 13.5. The second-order valence-electron chi connectivity index (χ2n) is 4.20. The van der Waals surface area contributed by atoms with Crippen molar-refractivity contribution in [1.29, 1.82) is 0 Å². The largest absolute Gasteiger partial charge is 0.473 e. The highest BCUT2D eigenvalue weighted by Gasteiger charge is 2.22. The number of amides is 1. The van der Waals surface area contributed by atoms with E-state index in [2.05, 4.69) is 10.2 Å². The third kappa shape index (κ3) is 3.29. The van der Waals surface area contributed by atoms with Gasteiger partial charge in [0.1, 0.15) is 6.10 Å². The lowest BCUT2D eigenvalue weighted by Crippen LogP contribution is -2.41. The van der Waals surface area contributed by atoms with Crippen LogP contribution in [0.25, 0.3) is 0 Å². The van der Waals surface area contributed by atoms with Crippen molar-refractivity contribution in [3.63, 3.8) is 0 Å². The molecule has 0 bridgehead atoms. The summed E-state index contributed by atoms with van der Waals surface area (Å²) in [5.41, 5.74) is 0. The van der Waals surface area contributed by atoms with Crippen LogP contribution in [0, 0.1) is 0 Å². The van der Waals surface area contributed by atoms with Crippen LogP contribution in [0.3, 0.4) is 0 Å². The minimum Gasteiger partial charge on any atom is -0.473 e. The first-order valence-corrected chi connectivity index (χ1v) is 6.15. The second kappa shape index (κ2) is 6.14. The number of nitrogens with zero attached hydrogens (tertiary/aromatic N) is 3. The van der Waals surface area contributed by atoms with Crippen LogP contribution in [-0.4, -0.2) is 40.2 Å². The molecule has 5 heteroatoms. The number of hydrogen-bond acceptors (Lipinski definition) is 4. The smallest absolute Gasteiger partial charge is 0.246 e. The van der Waals surface area contributed by atoms with Crippen molar-refractivity contribution in [2.24, 2.45) is 0 Å². The highest BCUT2D eigenvalue weighted by Crippen LogP contribution is 2.16. The van der Waals surface area contributed by atoms with Gasteiger partial charge in [-0.25, -0.2) is 0 Å². The molecule has 1 aromatic heterocycles. The summed E-state index contributed by atoms with van der Waals surface area (Å²) >= 11 is 0. The molecule has 0 aliphatic carbocycles. The first kappa shape index (κ1) is 12.5. The fourth-order valence-electron chi connectivity index (χ4n) is 1.96. The van der Waals surface area contributed by atoms with Gasteiger partial charge in [-0.1, -0.05) is 6.08 Å². The predicted octanol–water partition coefficient (Wildman–Crippen LogP) is 1.42. The zero-order valence-electron chi connectivity index (χ0n) is 10.5. The van der Waals surface area contributed by atoms with Crippen molar-refractivity contribution < 1.29 is 9.53 Å². The summed E-state index contributed by atoms with van der Waals surface area (Å²) in [6.45, 7) is 3.31. The van der Waals surface area contributed by atoms with Crippen molar-refractivity contribution in [2.45, 2.75) is 25.9 Å². The molecule has 0 atom stereocenters. The Balaban J connectivity index is 1.82. The van der Waals surface area contributed by atoms with Crippen LogP contribution in [0.1, 0.15) is 19.8 Å². The van der Waals surface area contributed by atoms with Gasteiger partial charge in [0.2, 0.25) is 11.8 Å². The molecule has 1 amide bonds. The number of ether oxygens (including phenoxy) is 1. The van der Waals surface area contributed by atoms with Crippen molar-refractivity contribution in [2.75, 3.05) is 13.1 Å². The van der Waals surface area contributed by atoms with E-state index in [9.17, 15) is 4.79 Å². The zero-order valence-corrected chi connectivity index (χ0v) is 10.5. The summed E-state index contributed by atoms with van der Waals surface area (Å²) in [7, 11) is 0. The van der Waals surface area contributed by atoms with E-state index >= 15 is 0 Å². The molecule has 1 aromatic rings. The summed E-state index contributed by atoms with van der Waals surface area (Å²) in [6, 6.07) is 3.59. The van der Waals surface area contributed by atoms with Crippen LogP contribution in [0.2, 0.25) is 0 Å². The number of likely N-dealkylation sites (tertiary alicyclic amines) is 1. The van der Waals surface area contributed by atoms with Gasteiger partial charge in [0.05, 0.1) is 0 Å². The SMILES string of the molecule is C/C=C/C(=O)N1CCC(Oc2cccnn2)CC1. The molecule has 0 saturated carbocycles. The van der Waals surface area contributed by atoms with E-state index in [0.29, 0.717) is 5.88 Å². The van der Waals surface area contributed by atoms with E-state index < -0.39 is 0 Å². The summed E-state index contributed by atoms with van der Waals surface area (Å²) in [5.74, 6) is 0.631. The van der Waals surface area contributed by atoms with Crippen LogP contribution in [0.15, 0.2) is 30.5 Å². The van der Waals surface area contributed by atoms with Crippen molar-refractivity contribution in [3.05, 3.63) is 30.5 Å². The topological polar surface area (TPSA) is 55.3 Å². The van der Waals surface area contributed by atoms with E-state index in [-0.39, 0.29) is 12.0 Å². The molecular formula is C13H17N3O2. The van der Waals surface area contributed by atoms with Gasteiger partial charge in [-0.2, -0.15) is 5.10 Å². The molecule has 2 rings (SSSR count). The quantitative estimate of drug-likeness (QED) is 0.758. The maximum Gasteiger partial charge on any atom is 0.246 e. The standard InChI is InChI=1S/C13H17N3O2/c1-2-4-13(17)16-9-6-11(7-10-16)18-12-5-3-8-14-15-12/h2-5,8,11H,6-7,9-10H2,1H3/b4-2+. The van der Waals surface area contributed by atoms with E-state index in [1.807, 2.05) is 11.8 Å². The summed E-state index contributed by atoms with van der Waals surface area (Å²) in [5, 5.41) is 7.66. The monoisotopic (exact) mass is 247 g/mol. The van der Waals surface area contributed by atoms with Crippen molar-refractivity contribution >= 4 is 5.91 Å². The molecular weight excluding hydrogens is 230 g/mol. The highest BCUT2D eigenvalue weighted by molar-refractivity contribution is 5.87. The van der Waals surface area contributed by atoms with E-state index in [0.717, 1.165) is 25.9 Å². The van der Waals surface area contributed by atoms with Gasteiger partial charge in [0.15, 0.2) is 0 Å². The second-order valence-corrected chi connectivity index (χ2v) is 4.20. The maximum absolute atomic E-state index is 11.6. The Bertz CT molecular complexity index is 412. The summed E-state index contributed by atoms with van der Waals surface area (Å²) < 4.78 is 5.71. The molecule has 96 valence electrons. The van der Waals surface area contributed by atoms with Gasteiger partial charge in [0.25, 0.3) is 0 Å². The van der Waals surface area contributed by atoms with Crippen LogP contribution in [-0.2, 0) is 4.79 Å². The molecule has 5 nitrogen and oxygen atoms in total. The lowest BCUT2D eigenvalue weighted by atomic mass is 10.1. The van der Waals surface area contributed by atoms with Gasteiger partial charge >= 0.3 is 0 Å². The number of rotatable bonds is 3. The number of allylic oxidation sites excluding steroid dienone is 1. The lowest BCUT2D eigenvalue weighted by molar-refractivity contribution is -0.127. The zero-order chi connectivity index (χ0) is 12.8. The highest BCUT2D eigenvalue weighted by atomic mass is 16.5. The Hall–Kier alpha value is -1.91. The van der Waals surface area contributed by atoms with Crippen LogP contribution < -0.4 is 4.74 Å². The van der Waals surface area contributed by atoms with Crippen molar-refractivity contribution in [1.82, 2.24) is 15.1 Å². The average molecular weight is 247 g/mol. The normalized spacial score (nSPS) is 17.1. The number of aromatic nitrogens is 2. The lowest BCUT2D eigenvalue weighted by Gasteiger charge is -2.31. The molecule has 2 heterocycles. The van der Waals surface area contributed by atoms with Crippen LogP contribution in [0.4, 0.5) is 0 Å². The molecule has 0 spiro atoms. The van der Waals surface area contributed by atoms with Crippen LogP contribution >= 0.6 is 0 Å². The molecule has 1 aliphatic rings. The van der Waals surface area contributed by atoms with E-state index in [4.69, 9.17) is 4.74 Å². The number of carbonyl (C=O) groups excluding carboxylic acids is 1. The fraction of sp³-hybridized carbons (Fsp3) is 0.462. The Labute approximate surface area is 106 Å². The molecule has 1 aliphatic heterocycles. The number of carbonyl (C=O) groups is 1. The Morgan fingerprint density at radius 2 is 2.28 bits per heavy atom. The molecule has 0 unspecified atom stereocenters. The molecule has 1 fully saturated rings. The molecule has 1 saturated heterocycles. The van der Waals surface area contributed by atoms with Gasteiger partial charge < -0.3 is 9.64 Å². The first-order valence-electron chi connectivity index (χ1n) is 6.15. The molecule has 0 aromatic carbocycles. The number of hydrogen-bond donors (Lipinski definition) is 0. The third-order valence-corrected chi connectivity index (χ3v) is 2.90.